The van der Waals surface area contributed by atoms with Crippen molar-refractivity contribution in [3.05, 3.63) is 35.9 Å². The molecule has 0 spiro atoms. The normalized spacial score (nSPS) is 25.8. The Balaban J connectivity index is 2.06. The molecule has 1 aromatic carbocycles. The summed E-state index contributed by atoms with van der Waals surface area (Å²) in [5.74, 6) is 6.11. The third-order valence-electron chi connectivity index (χ3n) is 1.84. The molecule has 1 aromatic rings. The van der Waals surface area contributed by atoms with Crippen LogP contribution >= 0.6 is 0 Å². The van der Waals surface area contributed by atoms with E-state index in [4.69, 9.17) is 4.74 Å². The largest absolute Gasteiger partial charge is 0.356 e. The number of epoxide rings is 1. The molecule has 2 unspecified atom stereocenters. The molecule has 1 nitrogen and oxygen atoms in total. The second-order valence-electron chi connectivity index (χ2n) is 2.90. The molecule has 0 radical (unpaired) electrons. The van der Waals surface area contributed by atoms with E-state index < -0.39 is 0 Å². The first kappa shape index (κ1) is 7.39. The highest BCUT2D eigenvalue weighted by molar-refractivity contribution is 5.35. The van der Waals surface area contributed by atoms with Crippen LogP contribution < -0.4 is 0 Å². The predicted octanol–water partition coefficient (Wildman–Crippen LogP) is 1.83. The lowest BCUT2D eigenvalue weighted by atomic mass is 10.2. The minimum atomic E-state index is 0.171. The molecule has 0 aromatic heterocycles. The Morgan fingerprint density at radius 2 is 1.92 bits per heavy atom. The average Bonchev–Trinajstić information content (AvgIpc) is 2.81. The van der Waals surface area contributed by atoms with Gasteiger partial charge in [0.2, 0.25) is 0 Å². The zero-order valence-electron chi connectivity index (χ0n) is 6.95. The second kappa shape index (κ2) is 3.00. The van der Waals surface area contributed by atoms with Gasteiger partial charge < -0.3 is 4.74 Å². The van der Waals surface area contributed by atoms with Gasteiger partial charge in [0.25, 0.3) is 0 Å². The van der Waals surface area contributed by atoms with Gasteiger partial charge >= 0.3 is 0 Å². The van der Waals surface area contributed by atoms with Gasteiger partial charge in [-0.2, -0.15) is 0 Å². The van der Waals surface area contributed by atoms with Crippen LogP contribution in [0.2, 0.25) is 0 Å². The van der Waals surface area contributed by atoms with E-state index in [-0.39, 0.29) is 6.10 Å². The van der Waals surface area contributed by atoms with Crippen LogP contribution in [-0.2, 0) is 4.74 Å². The summed E-state index contributed by atoms with van der Waals surface area (Å²) < 4.78 is 5.16. The van der Waals surface area contributed by atoms with E-state index in [1.54, 1.807) is 0 Å². The lowest BCUT2D eigenvalue weighted by molar-refractivity contribution is 0.403. The quantitative estimate of drug-likeness (QED) is 0.414. The van der Waals surface area contributed by atoms with Crippen molar-refractivity contribution in [2.24, 2.45) is 0 Å². The topological polar surface area (TPSA) is 12.5 Å². The van der Waals surface area contributed by atoms with Crippen LogP contribution in [-0.4, -0.2) is 12.2 Å². The van der Waals surface area contributed by atoms with Gasteiger partial charge in [-0.05, 0) is 19.1 Å². The van der Waals surface area contributed by atoms with Gasteiger partial charge in [0.1, 0.15) is 6.10 Å². The van der Waals surface area contributed by atoms with Gasteiger partial charge in [-0.3, -0.25) is 0 Å². The van der Waals surface area contributed by atoms with E-state index in [0.29, 0.717) is 6.10 Å². The minimum absolute atomic E-state index is 0.171. The molecule has 0 saturated carbocycles. The van der Waals surface area contributed by atoms with Crippen molar-refractivity contribution >= 4 is 0 Å². The van der Waals surface area contributed by atoms with Gasteiger partial charge in [0.05, 0.1) is 6.10 Å². The smallest absolute Gasteiger partial charge is 0.144 e. The molecule has 12 heavy (non-hydrogen) atoms. The molecule has 2 rings (SSSR count). The van der Waals surface area contributed by atoms with Crippen LogP contribution in [0.4, 0.5) is 0 Å². The fourth-order valence-corrected chi connectivity index (χ4v) is 1.01. The van der Waals surface area contributed by atoms with Crippen molar-refractivity contribution in [3.8, 4) is 11.8 Å². The Morgan fingerprint density at radius 1 is 1.25 bits per heavy atom. The summed E-state index contributed by atoms with van der Waals surface area (Å²) in [5, 5.41) is 0. The first-order valence-electron chi connectivity index (χ1n) is 4.08. The number of rotatable bonds is 0. The second-order valence-corrected chi connectivity index (χ2v) is 2.90. The standard InChI is InChI=1S/C11H10O/c1-9-11(12-9)8-7-10-5-3-2-4-6-10/h2-6,9,11H,1H3. The number of ether oxygens (including phenoxy) is 1. The fourth-order valence-electron chi connectivity index (χ4n) is 1.01. The van der Waals surface area contributed by atoms with E-state index in [2.05, 4.69) is 11.8 Å². The molecule has 0 aliphatic carbocycles. The molecule has 1 heteroatoms. The van der Waals surface area contributed by atoms with Crippen LogP contribution in [0.3, 0.4) is 0 Å². The van der Waals surface area contributed by atoms with Crippen LogP contribution in [0.5, 0.6) is 0 Å². The zero-order valence-corrected chi connectivity index (χ0v) is 6.95. The molecule has 0 bridgehead atoms. The lowest BCUT2D eigenvalue weighted by Crippen LogP contribution is -1.82. The molecular formula is C11H10O. The van der Waals surface area contributed by atoms with E-state index in [1.165, 1.54) is 0 Å². The Labute approximate surface area is 72.4 Å². The lowest BCUT2D eigenvalue weighted by Gasteiger charge is -1.84. The highest BCUT2D eigenvalue weighted by atomic mass is 16.6. The van der Waals surface area contributed by atoms with Crippen molar-refractivity contribution < 1.29 is 4.74 Å². The average molecular weight is 158 g/mol. The minimum Gasteiger partial charge on any atom is -0.356 e. The maximum absolute atomic E-state index is 5.16. The highest BCUT2D eigenvalue weighted by Gasteiger charge is 2.31. The summed E-state index contributed by atoms with van der Waals surface area (Å²) in [4.78, 5) is 0. The molecule has 0 amide bonds. The molecule has 60 valence electrons. The van der Waals surface area contributed by atoms with E-state index in [1.807, 2.05) is 37.3 Å². The van der Waals surface area contributed by atoms with Crippen molar-refractivity contribution in [1.82, 2.24) is 0 Å². The van der Waals surface area contributed by atoms with Crippen LogP contribution in [0.15, 0.2) is 30.3 Å². The van der Waals surface area contributed by atoms with Crippen molar-refractivity contribution in [2.45, 2.75) is 19.1 Å². The Hall–Kier alpha value is -1.26. The summed E-state index contributed by atoms with van der Waals surface area (Å²) >= 11 is 0. The summed E-state index contributed by atoms with van der Waals surface area (Å²) in [6.07, 6.45) is 0.506. The highest BCUT2D eigenvalue weighted by Crippen LogP contribution is 2.19. The molecule has 1 aliphatic rings. The van der Waals surface area contributed by atoms with Crippen LogP contribution in [0, 0.1) is 11.8 Å². The van der Waals surface area contributed by atoms with Crippen molar-refractivity contribution in [1.29, 1.82) is 0 Å². The number of hydrogen-bond donors (Lipinski definition) is 0. The molecule has 0 N–H and O–H groups in total. The predicted molar refractivity (Wildman–Crippen MR) is 47.7 cm³/mol. The summed E-state index contributed by atoms with van der Waals surface area (Å²) in [5.41, 5.74) is 1.06. The third-order valence-corrected chi connectivity index (χ3v) is 1.84. The van der Waals surface area contributed by atoms with Gasteiger partial charge in [-0.25, -0.2) is 0 Å². The zero-order chi connectivity index (χ0) is 8.39. The molecule has 2 atom stereocenters. The Morgan fingerprint density at radius 3 is 2.50 bits per heavy atom. The van der Waals surface area contributed by atoms with Gasteiger partial charge in [0, 0.05) is 5.56 Å². The Bertz CT molecular complexity index is 318. The summed E-state index contributed by atoms with van der Waals surface area (Å²) in [6.45, 7) is 2.03. The monoisotopic (exact) mass is 158 g/mol. The number of hydrogen-bond acceptors (Lipinski definition) is 1. The third kappa shape index (κ3) is 1.66. The molecule has 1 fully saturated rings. The first-order chi connectivity index (χ1) is 5.86. The van der Waals surface area contributed by atoms with Crippen molar-refractivity contribution in [3.63, 3.8) is 0 Å². The van der Waals surface area contributed by atoms with E-state index >= 15 is 0 Å². The SMILES string of the molecule is CC1OC1C#Cc1ccccc1. The number of benzene rings is 1. The maximum Gasteiger partial charge on any atom is 0.144 e. The molecule has 1 heterocycles. The fraction of sp³-hybridized carbons (Fsp3) is 0.273. The van der Waals surface area contributed by atoms with Gasteiger partial charge in [0.15, 0.2) is 0 Å². The van der Waals surface area contributed by atoms with Crippen molar-refractivity contribution in [2.75, 3.05) is 0 Å². The van der Waals surface area contributed by atoms with E-state index in [0.717, 1.165) is 5.56 Å². The summed E-state index contributed by atoms with van der Waals surface area (Å²) in [7, 11) is 0. The van der Waals surface area contributed by atoms with Crippen LogP contribution in [0.25, 0.3) is 0 Å². The molecule has 1 aliphatic heterocycles. The van der Waals surface area contributed by atoms with E-state index in [9.17, 15) is 0 Å². The molecule has 1 saturated heterocycles. The van der Waals surface area contributed by atoms with Gasteiger partial charge in [-0.1, -0.05) is 30.0 Å². The summed E-state index contributed by atoms with van der Waals surface area (Å²) in [6, 6.07) is 9.96. The maximum atomic E-state index is 5.16. The van der Waals surface area contributed by atoms with Crippen LogP contribution in [0.1, 0.15) is 12.5 Å². The van der Waals surface area contributed by atoms with Gasteiger partial charge in [-0.15, -0.1) is 0 Å². The first-order valence-corrected chi connectivity index (χ1v) is 4.08. The molecular weight excluding hydrogens is 148 g/mol. The Kier molecular flexibility index (Phi) is 1.85.